The first-order valence-corrected chi connectivity index (χ1v) is 16.2. The SMILES string of the molecule is Cc1cc2sc(C#Cc3cc(-c4ccccc4)c(C#Cc4cc5sc(C)cc5s4)cc3-c3ccccc3)cc2s1. The number of fused-ring (bicyclic) bond motifs is 2. The molecular weight excluding hydrogens is 561 g/mol. The average molecular weight is 583 g/mol. The van der Waals surface area contributed by atoms with Crippen molar-refractivity contribution in [1.29, 1.82) is 0 Å². The predicted molar refractivity (Wildman–Crippen MR) is 178 cm³/mol. The van der Waals surface area contributed by atoms with E-state index in [4.69, 9.17) is 0 Å². The Morgan fingerprint density at radius 1 is 0.425 bits per heavy atom. The number of aryl methyl sites for hydroxylation is 2. The summed E-state index contributed by atoms with van der Waals surface area (Å²) in [5.74, 6) is 14.0. The van der Waals surface area contributed by atoms with Crippen molar-refractivity contribution < 1.29 is 0 Å². The second kappa shape index (κ2) is 10.6. The third-order valence-corrected chi connectivity index (χ3v) is 10.9. The summed E-state index contributed by atoms with van der Waals surface area (Å²) in [6.45, 7) is 4.32. The molecule has 0 aliphatic rings. The van der Waals surface area contributed by atoms with Gasteiger partial charge in [-0.15, -0.1) is 45.3 Å². The lowest BCUT2D eigenvalue weighted by Gasteiger charge is -2.12. The molecule has 0 saturated carbocycles. The molecule has 0 fully saturated rings. The van der Waals surface area contributed by atoms with Gasteiger partial charge in [0.1, 0.15) is 0 Å². The van der Waals surface area contributed by atoms with Gasteiger partial charge < -0.3 is 0 Å². The maximum absolute atomic E-state index is 3.54. The zero-order valence-corrected chi connectivity index (χ0v) is 25.1. The highest BCUT2D eigenvalue weighted by atomic mass is 32.1. The summed E-state index contributed by atoms with van der Waals surface area (Å²) in [5.41, 5.74) is 6.52. The minimum absolute atomic E-state index is 1.01. The zero-order chi connectivity index (χ0) is 27.1. The Morgan fingerprint density at radius 2 is 0.825 bits per heavy atom. The van der Waals surface area contributed by atoms with E-state index in [-0.39, 0.29) is 0 Å². The summed E-state index contributed by atoms with van der Waals surface area (Å²) >= 11 is 7.20. The largest absolute Gasteiger partial charge is 0.140 e. The van der Waals surface area contributed by atoms with Gasteiger partial charge in [-0.05, 0) is 72.5 Å². The first kappa shape index (κ1) is 25.1. The quantitative estimate of drug-likeness (QED) is 0.178. The Hall–Kier alpha value is -3.90. The van der Waals surface area contributed by atoms with E-state index in [2.05, 4.69) is 135 Å². The van der Waals surface area contributed by atoms with Gasteiger partial charge in [-0.1, -0.05) is 84.3 Å². The second-order valence-corrected chi connectivity index (χ2v) is 14.3. The molecule has 190 valence electrons. The van der Waals surface area contributed by atoms with Crippen LogP contribution < -0.4 is 0 Å². The molecule has 7 aromatic rings. The van der Waals surface area contributed by atoms with Gasteiger partial charge in [-0.2, -0.15) is 0 Å². The summed E-state index contributed by atoms with van der Waals surface area (Å²) in [6, 6.07) is 34.5. The zero-order valence-electron chi connectivity index (χ0n) is 21.9. The topological polar surface area (TPSA) is 0 Å². The average Bonchev–Trinajstić information content (AvgIpc) is 3.71. The van der Waals surface area contributed by atoms with Crippen LogP contribution in [0.25, 0.3) is 41.1 Å². The number of hydrogen-bond acceptors (Lipinski definition) is 4. The monoisotopic (exact) mass is 582 g/mol. The maximum Gasteiger partial charge on any atom is 0.0793 e. The molecule has 0 unspecified atom stereocenters. The van der Waals surface area contributed by atoms with Crippen molar-refractivity contribution in [3.05, 3.63) is 128 Å². The Morgan fingerprint density at radius 3 is 1.23 bits per heavy atom. The van der Waals surface area contributed by atoms with E-state index < -0.39 is 0 Å². The fraction of sp³-hybridized carbons (Fsp3) is 0.0556. The fourth-order valence-electron chi connectivity index (χ4n) is 4.81. The first-order chi connectivity index (χ1) is 19.6. The smallest absolute Gasteiger partial charge is 0.0793 e. The summed E-state index contributed by atoms with van der Waals surface area (Å²) in [4.78, 5) is 4.87. The van der Waals surface area contributed by atoms with Crippen LogP contribution in [0.15, 0.2) is 97.1 Å². The van der Waals surface area contributed by atoms with Gasteiger partial charge in [0.2, 0.25) is 0 Å². The summed E-state index contributed by atoms with van der Waals surface area (Å²) in [5, 5.41) is 0. The molecule has 0 aliphatic heterocycles. The van der Waals surface area contributed by atoms with Gasteiger partial charge in [-0.25, -0.2) is 0 Å². The standard InChI is InChI=1S/C36H22S4/c1-23-17-33-35(37-23)21-29(39-33)15-13-27-19-32(26-11-7-4-8-12-26)28(20-31(27)25-9-5-3-6-10-25)14-16-30-22-36-34(40-30)18-24(2)38-36/h3-12,17-22H,1-2H3. The number of rotatable bonds is 2. The van der Waals surface area contributed by atoms with Crippen molar-refractivity contribution in [3.63, 3.8) is 0 Å². The van der Waals surface area contributed by atoms with Crippen LogP contribution in [0.4, 0.5) is 0 Å². The molecule has 0 N–H and O–H groups in total. The van der Waals surface area contributed by atoms with Gasteiger partial charge in [-0.3, -0.25) is 0 Å². The highest BCUT2D eigenvalue weighted by Crippen LogP contribution is 2.35. The van der Waals surface area contributed by atoms with Crippen molar-refractivity contribution in [1.82, 2.24) is 0 Å². The van der Waals surface area contributed by atoms with Crippen molar-refractivity contribution in [2.75, 3.05) is 0 Å². The van der Waals surface area contributed by atoms with E-state index in [0.717, 1.165) is 43.1 Å². The van der Waals surface area contributed by atoms with Crippen LogP contribution in [0.1, 0.15) is 30.6 Å². The van der Waals surface area contributed by atoms with Gasteiger partial charge in [0.05, 0.1) is 9.75 Å². The molecular formula is C36H22S4. The Balaban J connectivity index is 1.39. The van der Waals surface area contributed by atoms with Crippen molar-refractivity contribution in [2.45, 2.75) is 13.8 Å². The molecule has 4 heteroatoms. The molecule has 0 bridgehead atoms. The van der Waals surface area contributed by atoms with E-state index >= 15 is 0 Å². The molecule has 4 heterocycles. The normalized spacial score (nSPS) is 10.8. The van der Waals surface area contributed by atoms with Crippen LogP contribution in [0.3, 0.4) is 0 Å². The third kappa shape index (κ3) is 5.04. The first-order valence-electron chi connectivity index (χ1n) is 12.9. The molecule has 0 saturated heterocycles. The van der Waals surface area contributed by atoms with E-state index in [1.165, 1.54) is 28.6 Å². The van der Waals surface area contributed by atoms with E-state index in [1.807, 2.05) is 22.7 Å². The lowest BCUT2D eigenvalue weighted by Crippen LogP contribution is -1.92. The van der Waals surface area contributed by atoms with Crippen LogP contribution in [0.2, 0.25) is 0 Å². The summed E-state index contributed by atoms with van der Waals surface area (Å²) in [7, 11) is 0. The summed E-state index contributed by atoms with van der Waals surface area (Å²) in [6.07, 6.45) is 0. The predicted octanol–water partition coefficient (Wildman–Crippen LogP) is 11.0. The highest BCUT2D eigenvalue weighted by molar-refractivity contribution is 7.28. The lowest BCUT2D eigenvalue weighted by atomic mass is 9.91. The molecule has 0 nitrogen and oxygen atoms in total. The molecule has 0 spiro atoms. The van der Waals surface area contributed by atoms with Crippen molar-refractivity contribution in [2.24, 2.45) is 0 Å². The molecule has 3 aromatic carbocycles. The highest BCUT2D eigenvalue weighted by Gasteiger charge is 2.12. The molecule has 40 heavy (non-hydrogen) atoms. The van der Waals surface area contributed by atoms with E-state index in [9.17, 15) is 0 Å². The molecule has 4 aromatic heterocycles. The van der Waals surface area contributed by atoms with Gasteiger partial charge in [0.15, 0.2) is 0 Å². The number of thiophene rings is 4. The molecule has 0 atom stereocenters. The van der Waals surface area contributed by atoms with Gasteiger partial charge in [0, 0.05) is 39.7 Å². The fourth-order valence-corrected chi connectivity index (χ4v) is 9.15. The molecule has 0 radical (unpaired) electrons. The van der Waals surface area contributed by atoms with Crippen molar-refractivity contribution in [3.8, 4) is 45.9 Å². The van der Waals surface area contributed by atoms with Crippen LogP contribution in [0, 0.1) is 37.5 Å². The number of hydrogen-bond donors (Lipinski definition) is 0. The summed E-state index contributed by atoms with van der Waals surface area (Å²) < 4.78 is 5.26. The Bertz CT molecular complexity index is 1910. The van der Waals surface area contributed by atoms with Crippen molar-refractivity contribution >= 4 is 64.1 Å². The molecule has 0 aliphatic carbocycles. The Kier molecular flexibility index (Phi) is 6.64. The van der Waals surface area contributed by atoms with Crippen LogP contribution in [-0.2, 0) is 0 Å². The van der Waals surface area contributed by atoms with Gasteiger partial charge >= 0.3 is 0 Å². The third-order valence-electron chi connectivity index (χ3n) is 6.63. The van der Waals surface area contributed by atoms with Crippen LogP contribution in [0.5, 0.6) is 0 Å². The molecule has 7 rings (SSSR count). The van der Waals surface area contributed by atoms with Crippen LogP contribution >= 0.6 is 45.3 Å². The minimum atomic E-state index is 1.01. The Labute approximate surface area is 250 Å². The van der Waals surface area contributed by atoms with E-state index in [1.54, 1.807) is 22.7 Å². The van der Waals surface area contributed by atoms with E-state index in [0.29, 0.717) is 0 Å². The number of benzene rings is 3. The molecule has 0 amide bonds. The second-order valence-electron chi connectivity index (χ2n) is 9.57. The maximum atomic E-state index is 3.54. The van der Waals surface area contributed by atoms with Gasteiger partial charge in [0.25, 0.3) is 0 Å². The minimum Gasteiger partial charge on any atom is -0.140 e. The van der Waals surface area contributed by atoms with Crippen LogP contribution in [-0.4, -0.2) is 0 Å². The lowest BCUT2D eigenvalue weighted by molar-refractivity contribution is 1.53.